The van der Waals surface area contributed by atoms with Gasteiger partial charge >= 0.3 is 0 Å². The lowest BCUT2D eigenvalue weighted by Gasteiger charge is -2.28. The molecule has 1 aliphatic rings. The highest BCUT2D eigenvalue weighted by molar-refractivity contribution is 5.80. The van der Waals surface area contributed by atoms with Crippen LogP contribution in [0.1, 0.15) is 23.6 Å². The summed E-state index contributed by atoms with van der Waals surface area (Å²) >= 11 is 0. The molecule has 0 radical (unpaired) electrons. The molecule has 0 fully saturated rings. The van der Waals surface area contributed by atoms with E-state index in [4.69, 9.17) is 4.74 Å². The first-order chi connectivity index (χ1) is 12.2. The number of nitrogens with zero attached hydrogens (tertiary/aromatic N) is 1. The van der Waals surface area contributed by atoms with Crippen molar-refractivity contribution in [2.75, 3.05) is 20.2 Å². The third kappa shape index (κ3) is 4.07. The van der Waals surface area contributed by atoms with E-state index < -0.39 is 11.6 Å². The Labute approximate surface area is 145 Å². The molecule has 132 valence electrons. The van der Waals surface area contributed by atoms with Crippen molar-refractivity contribution in [2.24, 2.45) is 4.99 Å². The minimum absolute atomic E-state index is 0.0991. The molecule has 25 heavy (non-hydrogen) atoms. The van der Waals surface area contributed by atoms with Gasteiger partial charge in [0.2, 0.25) is 0 Å². The third-order valence-corrected chi connectivity index (χ3v) is 4.21. The van der Waals surface area contributed by atoms with Gasteiger partial charge in [-0.3, -0.25) is 4.99 Å². The van der Waals surface area contributed by atoms with E-state index in [0.717, 1.165) is 23.8 Å². The van der Waals surface area contributed by atoms with Crippen LogP contribution in [0.5, 0.6) is 5.75 Å². The zero-order valence-corrected chi connectivity index (χ0v) is 14.1. The van der Waals surface area contributed by atoms with E-state index in [1.807, 2.05) is 24.3 Å². The van der Waals surface area contributed by atoms with E-state index in [0.29, 0.717) is 31.1 Å². The average Bonchev–Trinajstić information content (AvgIpc) is 2.64. The summed E-state index contributed by atoms with van der Waals surface area (Å²) in [5.41, 5.74) is 1.44. The summed E-state index contributed by atoms with van der Waals surface area (Å²) in [4.78, 5) is 4.21. The molecular formula is C19H21F2N3O. The fourth-order valence-corrected chi connectivity index (χ4v) is 2.91. The highest BCUT2D eigenvalue weighted by atomic mass is 19.2. The van der Waals surface area contributed by atoms with Gasteiger partial charge in [-0.25, -0.2) is 8.78 Å². The molecule has 0 spiro atoms. The molecule has 4 nitrogen and oxygen atoms in total. The second-order valence-corrected chi connectivity index (χ2v) is 5.83. The maximum absolute atomic E-state index is 13.7. The van der Waals surface area contributed by atoms with Gasteiger partial charge in [0, 0.05) is 25.6 Å². The number of hydrogen-bond donors (Lipinski definition) is 2. The van der Waals surface area contributed by atoms with Crippen molar-refractivity contribution in [1.29, 1.82) is 0 Å². The highest BCUT2D eigenvalue weighted by Gasteiger charge is 2.21. The normalized spacial score (nSPS) is 16.8. The Morgan fingerprint density at radius 1 is 1.20 bits per heavy atom. The molecule has 3 rings (SSSR count). The summed E-state index contributed by atoms with van der Waals surface area (Å²) in [5, 5.41) is 6.52. The quantitative estimate of drug-likeness (QED) is 0.661. The molecule has 2 aromatic carbocycles. The Morgan fingerprint density at radius 3 is 2.88 bits per heavy atom. The van der Waals surface area contributed by atoms with Gasteiger partial charge < -0.3 is 15.4 Å². The standard InChI is InChI=1S/C19H21F2N3O/c1-22-19(23-11-9-13-5-4-7-15(20)18(13)21)24-16-10-12-25-17-8-3-2-6-14(16)17/h2-8,16H,9-12H2,1H3,(H2,22,23,24). The van der Waals surface area contributed by atoms with Crippen LogP contribution in [0.25, 0.3) is 0 Å². The van der Waals surface area contributed by atoms with Crippen molar-refractivity contribution in [2.45, 2.75) is 18.9 Å². The number of ether oxygens (including phenoxy) is 1. The lowest BCUT2D eigenvalue weighted by atomic mass is 10.0. The molecule has 1 aliphatic heterocycles. The zero-order chi connectivity index (χ0) is 17.6. The minimum Gasteiger partial charge on any atom is -0.493 e. The van der Waals surface area contributed by atoms with Gasteiger partial charge in [0.1, 0.15) is 5.75 Å². The van der Waals surface area contributed by atoms with Crippen LogP contribution in [-0.2, 0) is 6.42 Å². The second-order valence-electron chi connectivity index (χ2n) is 5.83. The lowest BCUT2D eigenvalue weighted by Crippen LogP contribution is -2.41. The van der Waals surface area contributed by atoms with Gasteiger partial charge in [-0.2, -0.15) is 0 Å². The molecule has 0 saturated heterocycles. The van der Waals surface area contributed by atoms with E-state index in [2.05, 4.69) is 15.6 Å². The monoisotopic (exact) mass is 345 g/mol. The first kappa shape index (κ1) is 17.2. The van der Waals surface area contributed by atoms with Crippen LogP contribution in [0.4, 0.5) is 8.78 Å². The Kier molecular flexibility index (Phi) is 5.48. The van der Waals surface area contributed by atoms with Crippen LogP contribution in [0, 0.1) is 11.6 Å². The van der Waals surface area contributed by atoms with Crippen LogP contribution in [0.2, 0.25) is 0 Å². The lowest BCUT2D eigenvalue weighted by molar-refractivity contribution is 0.261. The number of benzene rings is 2. The molecule has 0 aromatic heterocycles. The van der Waals surface area contributed by atoms with Crippen molar-refractivity contribution >= 4 is 5.96 Å². The molecular weight excluding hydrogens is 324 g/mol. The van der Waals surface area contributed by atoms with E-state index in [1.54, 1.807) is 13.1 Å². The zero-order valence-electron chi connectivity index (χ0n) is 14.1. The van der Waals surface area contributed by atoms with Crippen LogP contribution < -0.4 is 15.4 Å². The van der Waals surface area contributed by atoms with Crippen LogP contribution >= 0.6 is 0 Å². The molecule has 1 heterocycles. The maximum Gasteiger partial charge on any atom is 0.191 e. The van der Waals surface area contributed by atoms with Crippen LogP contribution in [-0.4, -0.2) is 26.2 Å². The molecule has 0 amide bonds. The first-order valence-corrected chi connectivity index (χ1v) is 8.31. The van der Waals surface area contributed by atoms with Gasteiger partial charge in [0.25, 0.3) is 0 Å². The van der Waals surface area contributed by atoms with Crippen molar-refractivity contribution in [1.82, 2.24) is 10.6 Å². The highest BCUT2D eigenvalue weighted by Crippen LogP contribution is 2.31. The molecule has 6 heteroatoms. The Hall–Kier alpha value is -2.63. The fraction of sp³-hybridized carbons (Fsp3) is 0.316. The Balaban J connectivity index is 1.58. The van der Waals surface area contributed by atoms with Gasteiger partial charge in [-0.1, -0.05) is 30.3 Å². The van der Waals surface area contributed by atoms with E-state index in [9.17, 15) is 8.78 Å². The molecule has 2 aromatic rings. The van der Waals surface area contributed by atoms with E-state index in [1.165, 1.54) is 6.07 Å². The summed E-state index contributed by atoms with van der Waals surface area (Å²) < 4.78 is 32.6. The number of guanidine groups is 1. The number of para-hydroxylation sites is 1. The topological polar surface area (TPSA) is 45.7 Å². The summed E-state index contributed by atoms with van der Waals surface area (Å²) in [6, 6.07) is 12.2. The van der Waals surface area contributed by atoms with Gasteiger partial charge in [-0.05, 0) is 24.1 Å². The Morgan fingerprint density at radius 2 is 2.04 bits per heavy atom. The molecule has 0 aliphatic carbocycles. The van der Waals surface area contributed by atoms with Crippen LogP contribution in [0.3, 0.4) is 0 Å². The van der Waals surface area contributed by atoms with E-state index >= 15 is 0 Å². The predicted octanol–water partition coefficient (Wildman–Crippen LogP) is 3.20. The van der Waals surface area contributed by atoms with E-state index in [-0.39, 0.29) is 6.04 Å². The number of fused-ring (bicyclic) bond motifs is 1. The fourth-order valence-electron chi connectivity index (χ4n) is 2.91. The number of rotatable bonds is 4. The van der Waals surface area contributed by atoms with Crippen molar-refractivity contribution < 1.29 is 13.5 Å². The number of hydrogen-bond acceptors (Lipinski definition) is 2. The predicted molar refractivity (Wildman–Crippen MR) is 93.9 cm³/mol. The summed E-state index contributed by atoms with van der Waals surface area (Å²) in [5.74, 6) is -0.105. The molecule has 0 bridgehead atoms. The Bertz CT molecular complexity index is 764. The largest absolute Gasteiger partial charge is 0.493 e. The van der Waals surface area contributed by atoms with Crippen molar-refractivity contribution in [3.8, 4) is 5.75 Å². The number of nitrogens with one attached hydrogen (secondary N) is 2. The van der Waals surface area contributed by atoms with Gasteiger partial charge in [0.05, 0.1) is 12.6 Å². The SMILES string of the molecule is CN=C(NCCc1cccc(F)c1F)NC1CCOc2ccccc21. The number of aliphatic imine (C=N–C) groups is 1. The van der Waals surface area contributed by atoms with Crippen molar-refractivity contribution in [3.63, 3.8) is 0 Å². The van der Waals surface area contributed by atoms with Crippen molar-refractivity contribution in [3.05, 3.63) is 65.2 Å². The average molecular weight is 345 g/mol. The smallest absolute Gasteiger partial charge is 0.191 e. The molecule has 2 N–H and O–H groups in total. The first-order valence-electron chi connectivity index (χ1n) is 8.31. The second kappa shape index (κ2) is 7.96. The van der Waals surface area contributed by atoms with Crippen LogP contribution in [0.15, 0.2) is 47.5 Å². The molecule has 0 saturated carbocycles. The summed E-state index contributed by atoms with van der Waals surface area (Å²) in [6.45, 7) is 1.09. The van der Waals surface area contributed by atoms with Gasteiger partial charge in [0.15, 0.2) is 17.6 Å². The molecule has 1 atom stereocenters. The minimum atomic E-state index is -0.821. The molecule has 1 unspecified atom stereocenters. The van der Waals surface area contributed by atoms with Gasteiger partial charge in [-0.15, -0.1) is 0 Å². The number of halogens is 2. The third-order valence-electron chi connectivity index (χ3n) is 4.21. The maximum atomic E-state index is 13.7. The summed E-state index contributed by atoms with van der Waals surface area (Å²) in [6.07, 6.45) is 1.20. The summed E-state index contributed by atoms with van der Waals surface area (Å²) in [7, 11) is 1.68.